The SMILES string of the molecule is C=C(C)[C@@]12OC3(c4ccccc4)O[C@@H]1[C@@H]1[C@@H](Cl)[C@@](O)(CO)[C@@H](O)[C@]4(O)C(=O)C(C)=C[C@H]4[C@@]1(O3)[C@H](C)[C@H]2C. The molecule has 5 aliphatic rings. The van der Waals surface area contributed by atoms with E-state index < -0.39 is 76.1 Å². The molecule has 4 N–H and O–H groups in total. The fourth-order valence-electron chi connectivity index (χ4n) is 8.17. The molecule has 0 spiro atoms. The number of fused-ring (bicyclic) bond motifs is 2. The van der Waals surface area contributed by atoms with Crippen molar-refractivity contribution in [3.05, 3.63) is 59.7 Å². The number of Topliss-reactive ketones (excluding diaryl/α,β-unsaturated/α-hetero) is 1. The molecule has 0 amide bonds. The summed E-state index contributed by atoms with van der Waals surface area (Å²) in [6.07, 6.45) is -1.34. The highest BCUT2D eigenvalue weighted by Gasteiger charge is 2.85. The predicted octanol–water partition coefficient (Wildman–Crippen LogP) is 1.78. The number of hydrogen-bond acceptors (Lipinski definition) is 8. The normalized spacial score (nSPS) is 53.9. The third-order valence-corrected chi connectivity index (χ3v) is 10.8. The van der Waals surface area contributed by atoms with Crippen LogP contribution >= 0.6 is 11.6 Å². The Morgan fingerprint density at radius 1 is 1.14 bits per heavy atom. The maximum atomic E-state index is 13.5. The molecule has 3 bridgehead atoms. The fraction of sp³-hybridized carbons (Fsp3) is 0.607. The minimum atomic E-state index is -2.50. The highest BCUT2D eigenvalue weighted by atomic mass is 35.5. The molecule has 12 atom stereocenters. The first-order chi connectivity index (χ1) is 17.3. The van der Waals surface area contributed by atoms with Crippen LogP contribution in [0.5, 0.6) is 0 Å². The number of carbonyl (C=O) groups is 1. The van der Waals surface area contributed by atoms with Crippen LogP contribution in [-0.4, -0.2) is 72.8 Å². The van der Waals surface area contributed by atoms with Gasteiger partial charge in [0.15, 0.2) is 11.4 Å². The van der Waals surface area contributed by atoms with Gasteiger partial charge in [-0.15, -0.1) is 11.6 Å². The van der Waals surface area contributed by atoms with Gasteiger partial charge in [-0.2, -0.15) is 0 Å². The number of benzene rings is 1. The lowest BCUT2D eigenvalue weighted by molar-refractivity contribution is -0.438. The lowest BCUT2D eigenvalue weighted by atomic mass is 9.50. The number of aliphatic hydroxyl groups excluding tert-OH is 2. The highest BCUT2D eigenvalue weighted by molar-refractivity contribution is 6.22. The second kappa shape index (κ2) is 7.52. The van der Waals surface area contributed by atoms with Crippen molar-refractivity contribution in [1.29, 1.82) is 0 Å². The Morgan fingerprint density at radius 3 is 2.38 bits per heavy atom. The van der Waals surface area contributed by atoms with Crippen molar-refractivity contribution in [2.75, 3.05) is 6.61 Å². The van der Waals surface area contributed by atoms with Gasteiger partial charge in [-0.25, -0.2) is 0 Å². The summed E-state index contributed by atoms with van der Waals surface area (Å²) in [6.45, 7) is 10.6. The van der Waals surface area contributed by atoms with Crippen molar-refractivity contribution >= 4 is 17.4 Å². The summed E-state index contributed by atoms with van der Waals surface area (Å²) in [4.78, 5) is 13.5. The quantitative estimate of drug-likeness (QED) is 0.343. The topological polar surface area (TPSA) is 126 Å². The van der Waals surface area contributed by atoms with Crippen LogP contribution in [0.4, 0.5) is 0 Å². The van der Waals surface area contributed by atoms with Gasteiger partial charge in [-0.05, 0) is 36.8 Å². The molecule has 6 rings (SSSR count). The van der Waals surface area contributed by atoms with Crippen LogP contribution in [0.3, 0.4) is 0 Å². The van der Waals surface area contributed by atoms with Gasteiger partial charge in [0.05, 0.1) is 17.6 Å². The smallest absolute Gasteiger partial charge is 0.313 e. The molecule has 3 aliphatic carbocycles. The summed E-state index contributed by atoms with van der Waals surface area (Å²) in [6, 6.07) is 9.11. The average molecular weight is 533 g/mol. The van der Waals surface area contributed by atoms with E-state index in [1.54, 1.807) is 25.1 Å². The number of ether oxygens (including phenoxy) is 3. The molecule has 4 fully saturated rings. The second-order valence-corrected chi connectivity index (χ2v) is 12.1. The molecule has 1 unspecified atom stereocenters. The molecule has 2 aliphatic heterocycles. The molecular formula is C28H33ClO8. The maximum Gasteiger partial charge on any atom is 0.313 e. The van der Waals surface area contributed by atoms with Crippen molar-refractivity contribution in [2.45, 2.75) is 73.7 Å². The highest BCUT2D eigenvalue weighted by Crippen LogP contribution is 2.72. The summed E-state index contributed by atoms with van der Waals surface area (Å²) < 4.78 is 20.4. The van der Waals surface area contributed by atoms with E-state index in [9.17, 15) is 25.2 Å². The number of carbonyl (C=O) groups excluding carboxylic acids is 1. The first kappa shape index (κ1) is 25.6. The molecule has 8 nitrogen and oxygen atoms in total. The molecule has 2 heterocycles. The first-order valence-corrected chi connectivity index (χ1v) is 13.1. The van der Waals surface area contributed by atoms with Crippen molar-refractivity contribution in [3.8, 4) is 0 Å². The summed E-state index contributed by atoms with van der Waals surface area (Å²) in [5, 5.41) is 44.3. The minimum Gasteiger partial charge on any atom is -0.393 e. The number of hydrogen-bond donors (Lipinski definition) is 4. The molecule has 2 saturated carbocycles. The predicted molar refractivity (Wildman–Crippen MR) is 132 cm³/mol. The summed E-state index contributed by atoms with van der Waals surface area (Å²) in [5.74, 6) is -5.24. The molecule has 0 radical (unpaired) electrons. The molecular weight excluding hydrogens is 500 g/mol. The number of ketones is 1. The van der Waals surface area contributed by atoms with Gasteiger partial charge in [0.25, 0.3) is 0 Å². The number of halogens is 1. The van der Waals surface area contributed by atoms with Gasteiger partial charge in [0.1, 0.15) is 23.4 Å². The van der Waals surface area contributed by atoms with E-state index in [-0.39, 0.29) is 11.5 Å². The fourth-order valence-corrected chi connectivity index (χ4v) is 8.69. The molecule has 9 heteroatoms. The Labute approximate surface area is 220 Å². The average Bonchev–Trinajstić information content (AvgIpc) is 3.28. The van der Waals surface area contributed by atoms with Crippen LogP contribution in [0.15, 0.2) is 54.1 Å². The standard InChI is InChI=1S/C28H33ClO8/c1-13(2)26-15(4)16(5)27-18-11-14(3)21(31)25(18,34)23(32)24(33,12-30)20(29)19(27)22(26)35-28(36-26,37-27)17-9-7-6-8-10-17/h6-11,15-16,18-20,22-23,30,32-34H,1,12H2,2-5H3/t15-,16-,18-,19+,20-,22-,23-,24+,25-,26+,27+,28?/m1/s1. The van der Waals surface area contributed by atoms with Crippen LogP contribution < -0.4 is 0 Å². The number of alkyl halides is 1. The molecule has 0 aromatic heterocycles. The summed E-state index contributed by atoms with van der Waals surface area (Å²) >= 11 is 7.05. The Morgan fingerprint density at radius 2 is 1.78 bits per heavy atom. The third-order valence-electron chi connectivity index (χ3n) is 10.1. The van der Waals surface area contributed by atoms with E-state index in [2.05, 4.69) is 6.58 Å². The van der Waals surface area contributed by atoms with Crippen molar-refractivity contribution in [3.63, 3.8) is 0 Å². The molecule has 37 heavy (non-hydrogen) atoms. The monoisotopic (exact) mass is 532 g/mol. The van der Waals surface area contributed by atoms with Gasteiger partial charge in [0.2, 0.25) is 0 Å². The molecule has 1 aromatic rings. The first-order valence-electron chi connectivity index (χ1n) is 12.7. The number of aliphatic hydroxyl groups is 4. The molecule has 2 saturated heterocycles. The zero-order valence-electron chi connectivity index (χ0n) is 21.2. The Hall–Kier alpha value is -1.62. The van der Waals surface area contributed by atoms with Gasteiger partial charge in [0, 0.05) is 17.4 Å². The van der Waals surface area contributed by atoms with Gasteiger partial charge in [-0.3, -0.25) is 4.79 Å². The zero-order valence-corrected chi connectivity index (χ0v) is 22.0. The van der Waals surface area contributed by atoms with Crippen molar-refractivity contribution in [2.24, 2.45) is 23.7 Å². The van der Waals surface area contributed by atoms with E-state index >= 15 is 0 Å². The van der Waals surface area contributed by atoms with Crippen LogP contribution in [0, 0.1) is 23.7 Å². The summed E-state index contributed by atoms with van der Waals surface area (Å²) in [7, 11) is 0. The van der Waals surface area contributed by atoms with E-state index in [0.717, 1.165) is 0 Å². The van der Waals surface area contributed by atoms with Crippen molar-refractivity contribution in [1.82, 2.24) is 0 Å². The third kappa shape index (κ3) is 2.57. The van der Waals surface area contributed by atoms with Crippen LogP contribution in [0.25, 0.3) is 0 Å². The largest absolute Gasteiger partial charge is 0.393 e. The Balaban J connectivity index is 1.72. The van der Waals surface area contributed by atoms with E-state index in [1.165, 1.54) is 0 Å². The Kier molecular flexibility index (Phi) is 5.21. The van der Waals surface area contributed by atoms with Gasteiger partial charge >= 0.3 is 5.97 Å². The Bertz CT molecular complexity index is 1220. The number of rotatable bonds is 3. The van der Waals surface area contributed by atoms with Crippen LogP contribution in [-0.2, 0) is 25.0 Å². The van der Waals surface area contributed by atoms with E-state index in [0.29, 0.717) is 11.1 Å². The van der Waals surface area contributed by atoms with Crippen LogP contribution in [0.1, 0.15) is 33.3 Å². The van der Waals surface area contributed by atoms with Crippen LogP contribution in [0.2, 0.25) is 0 Å². The lowest BCUT2D eigenvalue weighted by Gasteiger charge is -2.62. The van der Waals surface area contributed by atoms with Gasteiger partial charge < -0.3 is 34.6 Å². The van der Waals surface area contributed by atoms with E-state index in [4.69, 9.17) is 25.8 Å². The van der Waals surface area contributed by atoms with Gasteiger partial charge in [-0.1, -0.05) is 56.8 Å². The lowest BCUT2D eigenvalue weighted by Crippen LogP contribution is -2.74. The summed E-state index contributed by atoms with van der Waals surface area (Å²) in [5.41, 5.74) is -6.06. The zero-order chi connectivity index (χ0) is 26.9. The van der Waals surface area contributed by atoms with Crippen molar-refractivity contribution < 1.29 is 39.4 Å². The maximum absolute atomic E-state index is 13.5. The molecule has 200 valence electrons. The minimum absolute atomic E-state index is 0.224. The second-order valence-electron chi connectivity index (χ2n) is 11.6. The molecule has 1 aromatic carbocycles. The van der Waals surface area contributed by atoms with E-state index in [1.807, 2.05) is 39.0 Å².